The summed E-state index contributed by atoms with van der Waals surface area (Å²) in [4.78, 5) is 41.8. The Hall–Kier alpha value is -3.05. The van der Waals surface area contributed by atoms with E-state index in [1.165, 1.54) is 0 Å². The summed E-state index contributed by atoms with van der Waals surface area (Å²) in [6.07, 6.45) is 0. The molecule has 0 bridgehead atoms. The van der Waals surface area contributed by atoms with Gasteiger partial charge in [-0.15, -0.1) is 5.46 Å². The number of piperidine rings is 1. The summed E-state index contributed by atoms with van der Waals surface area (Å²) in [6.45, 7) is 1.89. The van der Waals surface area contributed by atoms with Crippen LogP contribution in [0.3, 0.4) is 0 Å². The third-order valence-corrected chi connectivity index (χ3v) is 8.53. The third-order valence-electron chi connectivity index (χ3n) is 8.53. The molecule has 2 saturated heterocycles. The molecule has 5 rings (SSSR count). The molecule has 202 valence electrons. The number of carbonyl (C=O) groups is 3. The summed E-state index contributed by atoms with van der Waals surface area (Å²) in [5.41, 5.74) is -0.0919. The van der Waals surface area contributed by atoms with E-state index in [9.17, 15) is 24.6 Å². The number of ether oxygens (including phenoxy) is 1. The van der Waals surface area contributed by atoms with Crippen molar-refractivity contribution in [3.8, 4) is 11.5 Å². The number of hydrogen-bond acceptors (Lipinski definition) is 8. The van der Waals surface area contributed by atoms with Crippen LogP contribution in [0.5, 0.6) is 11.5 Å². The van der Waals surface area contributed by atoms with Crippen molar-refractivity contribution in [3.63, 3.8) is 0 Å². The summed E-state index contributed by atoms with van der Waals surface area (Å²) >= 11 is 0. The average molecular weight is 569 g/mol. The molecule has 2 aromatic rings. The maximum atomic E-state index is 13.7. The highest BCUT2D eigenvalue weighted by molar-refractivity contribution is 6.64. The van der Waals surface area contributed by atoms with Gasteiger partial charge in [-0.05, 0) is 16.1 Å². The number of hydrogen-bond donors (Lipinski definition) is 4. The molecule has 18 radical (unpaired) electrons. The molecule has 0 aromatic heterocycles. The average Bonchev–Trinajstić information content (AvgIpc) is 3.30. The number of nitrogens with zero attached hydrogens (tertiary/aromatic N) is 2. The van der Waals surface area contributed by atoms with Crippen molar-refractivity contribution in [1.82, 2.24) is 15.1 Å². The van der Waals surface area contributed by atoms with E-state index in [1.807, 2.05) is 10.2 Å². The maximum absolute atomic E-state index is 13.7. The van der Waals surface area contributed by atoms with Crippen LogP contribution in [-0.4, -0.2) is 141 Å². The molecule has 0 saturated carbocycles. The first-order valence-corrected chi connectivity index (χ1v) is 13.5. The van der Waals surface area contributed by atoms with Crippen molar-refractivity contribution in [1.29, 1.82) is 0 Å². The number of morpholine rings is 1. The highest BCUT2D eigenvalue weighted by Gasteiger charge is 2.56. The minimum absolute atomic E-state index is 0.0413. The number of nitrogens with one attached hydrogen (secondary N) is 2. The van der Waals surface area contributed by atoms with E-state index in [0.717, 1.165) is 4.90 Å². The Morgan fingerprint density at radius 2 is 1.45 bits per heavy atom. The minimum atomic E-state index is -2.43. The number of carbonyl (C=O) groups excluding carboxylic acids is 3. The predicted octanol–water partition coefficient (Wildman–Crippen LogP) is -6.60. The molecule has 44 heavy (non-hydrogen) atoms. The van der Waals surface area contributed by atoms with Crippen LogP contribution >= 0.6 is 0 Å². The SMILES string of the molecule is [B]c1c([B])c(NCc2c([B])c(O)c(CN3CCOCC3)c([B])c2O)c2c(c1[B])C(=O)N(C1C(=O)NC(=O)C([B])([B])C1([B])[B])C2. The van der Waals surface area contributed by atoms with Crippen molar-refractivity contribution in [2.75, 3.05) is 31.6 Å². The van der Waals surface area contributed by atoms with Gasteiger partial charge in [-0.3, -0.25) is 24.6 Å². The molecule has 1 atom stereocenters. The molecule has 3 heterocycles. The first-order valence-electron chi connectivity index (χ1n) is 13.5. The normalized spacial score (nSPS) is 21.2. The first kappa shape index (κ1) is 32.4. The lowest BCUT2D eigenvalue weighted by molar-refractivity contribution is -0.138. The Morgan fingerprint density at radius 3 is 2.09 bits per heavy atom. The highest BCUT2D eigenvalue weighted by atomic mass is 16.5. The molecule has 1 unspecified atom stereocenters. The van der Waals surface area contributed by atoms with Crippen LogP contribution in [-0.2, 0) is 34.0 Å². The van der Waals surface area contributed by atoms with Crippen LogP contribution in [0, 0.1) is 0 Å². The zero-order valence-electron chi connectivity index (χ0n) is 23.6. The third kappa shape index (κ3) is 4.91. The molecule has 2 aromatic carbocycles. The molecule has 3 aliphatic heterocycles. The van der Waals surface area contributed by atoms with Gasteiger partial charge in [-0.1, -0.05) is 16.1 Å². The summed E-state index contributed by atoms with van der Waals surface area (Å²) in [7, 11) is 55.1. The fourth-order valence-corrected chi connectivity index (χ4v) is 5.75. The predicted molar refractivity (Wildman–Crippen MR) is 172 cm³/mol. The molecular weight excluding hydrogens is 550 g/mol. The van der Waals surface area contributed by atoms with Crippen LogP contribution in [0.2, 0.25) is 10.4 Å². The van der Waals surface area contributed by atoms with Gasteiger partial charge in [0.05, 0.1) is 44.6 Å². The van der Waals surface area contributed by atoms with Gasteiger partial charge in [0.1, 0.15) is 56.8 Å². The molecule has 2 fully saturated rings. The number of fused-ring (bicyclic) bond motifs is 1. The van der Waals surface area contributed by atoms with Gasteiger partial charge >= 0.3 is 0 Å². The van der Waals surface area contributed by atoms with E-state index in [0.29, 0.717) is 26.3 Å². The van der Waals surface area contributed by atoms with E-state index >= 15 is 0 Å². The zero-order valence-corrected chi connectivity index (χ0v) is 23.6. The lowest BCUT2D eigenvalue weighted by atomic mass is 9.26. The first-order chi connectivity index (χ1) is 20.5. The second-order valence-electron chi connectivity index (χ2n) is 11.1. The molecule has 19 heteroatoms. The minimum Gasteiger partial charge on any atom is -0.508 e. The highest BCUT2D eigenvalue weighted by Crippen LogP contribution is 2.50. The largest absolute Gasteiger partial charge is 0.508 e. The molecule has 10 nitrogen and oxygen atoms in total. The van der Waals surface area contributed by atoms with Gasteiger partial charge in [0.25, 0.3) is 5.91 Å². The second-order valence-corrected chi connectivity index (χ2v) is 11.1. The van der Waals surface area contributed by atoms with E-state index in [4.69, 9.17) is 75.4 Å². The van der Waals surface area contributed by atoms with Gasteiger partial charge in [-0.2, -0.15) is 0 Å². The number of phenolic OH excluding ortho intramolecular Hbond substituents is 2. The molecule has 3 amide bonds. The summed E-state index contributed by atoms with van der Waals surface area (Å²) in [6, 6.07) is -1.71. The molecule has 0 aliphatic carbocycles. The van der Waals surface area contributed by atoms with Crippen molar-refractivity contribution < 1.29 is 29.3 Å². The van der Waals surface area contributed by atoms with Crippen LogP contribution in [0.15, 0.2) is 0 Å². The van der Waals surface area contributed by atoms with Gasteiger partial charge in [0, 0.05) is 60.7 Å². The Morgan fingerprint density at radius 1 is 0.864 bits per heavy atom. The summed E-state index contributed by atoms with van der Waals surface area (Å²) < 4.78 is 5.35. The summed E-state index contributed by atoms with van der Waals surface area (Å²) in [5.74, 6) is -3.61. The van der Waals surface area contributed by atoms with Gasteiger partial charge in [0.15, 0.2) is 0 Å². The van der Waals surface area contributed by atoms with Crippen LogP contribution in [0.1, 0.15) is 27.0 Å². The number of phenols is 2. The number of imide groups is 1. The van der Waals surface area contributed by atoms with E-state index < -0.39 is 34.2 Å². The quantitative estimate of drug-likeness (QED) is 0.154. The summed E-state index contributed by atoms with van der Waals surface area (Å²) in [5, 5.41) is 22.1. The van der Waals surface area contributed by atoms with Gasteiger partial charge < -0.3 is 25.2 Å². The van der Waals surface area contributed by atoms with Crippen molar-refractivity contribution in [2.45, 2.75) is 36.1 Å². The van der Waals surface area contributed by atoms with Crippen molar-refractivity contribution >= 4 is 121 Å². The fraction of sp³-hybridized carbons (Fsp3) is 0.400. The Bertz CT molecular complexity index is 1570. The standard InChI is InChI=1S/C25H19B9N4O6/c26-12-8(18(39)13(27)10(19(12)40)6-37-1-3-44-4-2-37)5-35-17-9-7-38(22(42)11(9)14(28)15(29)16(17)30)20-21(41)36-23(43)25(33,34)24(20,31)32/h20,35,39-40H,1-7H2,(H,36,41,43). The molecular formula is C25H19B9N4O6. The number of benzene rings is 2. The second kappa shape index (κ2) is 11.4. The Labute approximate surface area is 266 Å². The number of amides is 3. The smallest absolute Gasteiger partial charge is 0.254 e. The maximum Gasteiger partial charge on any atom is 0.254 e. The Balaban J connectivity index is 1.49. The fourth-order valence-electron chi connectivity index (χ4n) is 5.75. The Kier molecular flexibility index (Phi) is 8.38. The van der Waals surface area contributed by atoms with E-state index in [2.05, 4.69) is 5.32 Å². The van der Waals surface area contributed by atoms with Crippen molar-refractivity contribution in [2.24, 2.45) is 0 Å². The van der Waals surface area contributed by atoms with Crippen LogP contribution in [0.25, 0.3) is 0 Å². The zero-order chi connectivity index (χ0) is 32.5. The molecule has 3 aliphatic rings. The van der Waals surface area contributed by atoms with Crippen LogP contribution < -0.4 is 37.9 Å². The van der Waals surface area contributed by atoms with Crippen molar-refractivity contribution in [3.05, 3.63) is 22.3 Å². The number of anilines is 1. The lowest BCUT2D eigenvalue weighted by Crippen LogP contribution is -2.66. The van der Waals surface area contributed by atoms with E-state index in [-0.39, 0.29) is 86.4 Å². The topological polar surface area (TPSA) is 131 Å². The van der Waals surface area contributed by atoms with E-state index in [1.54, 1.807) is 0 Å². The monoisotopic (exact) mass is 570 g/mol. The van der Waals surface area contributed by atoms with Gasteiger partial charge in [0.2, 0.25) is 11.8 Å². The lowest BCUT2D eigenvalue weighted by Gasteiger charge is -2.53. The molecule has 4 N–H and O–H groups in total. The van der Waals surface area contributed by atoms with Crippen LogP contribution in [0.4, 0.5) is 5.69 Å². The van der Waals surface area contributed by atoms with Gasteiger partial charge in [-0.25, -0.2) is 0 Å². The molecule has 0 spiro atoms. The number of rotatable bonds is 6. The number of aromatic hydroxyl groups is 2.